The van der Waals surface area contributed by atoms with Crippen molar-refractivity contribution in [2.45, 2.75) is 6.61 Å². The molecule has 0 aliphatic carbocycles. The highest BCUT2D eigenvalue weighted by atomic mass is 32.1. The Labute approximate surface area is 187 Å². The lowest BCUT2D eigenvalue weighted by atomic mass is 10.1. The maximum absolute atomic E-state index is 13.6. The van der Waals surface area contributed by atoms with E-state index >= 15 is 0 Å². The van der Waals surface area contributed by atoms with Crippen molar-refractivity contribution < 1.29 is 27.8 Å². The van der Waals surface area contributed by atoms with Crippen molar-refractivity contribution in [3.8, 4) is 28.5 Å². The minimum atomic E-state index is -0.458. The van der Waals surface area contributed by atoms with Crippen LogP contribution in [0.15, 0.2) is 64.4 Å². The average molecular weight is 454 g/mol. The van der Waals surface area contributed by atoms with Gasteiger partial charge in [-0.25, -0.2) is 9.37 Å². The van der Waals surface area contributed by atoms with E-state index in [-0.39, 0.29) is 12.4 Å². The molecule has 0 unspecified atom stereocenters. The first-order valence-electron chi connectivity index (χ1n) is 9.52. The Morgan fingerprint density at radius 1 is 1.06 bits per heavy atom. The summed E-state index contributed by atoms with van der Waals surface area (Å²) in [5.74, 6) is 1.39. The van der Waals surface area contributed by atoms with Gasteiger partial charge in [0.05, 0.1) is 19.9 Å². The van der Waals surface area contributed by atoms with Gasteiger partial charge in [-0.3, -0.25) is 10.1 Å². The molecule has 0 bridgehead atoms. The Morgan fingerprint density at radius 3 is 2.62 bits per heavy atom. The van der Waals surface area contributed by atoms with Crippen molar-refractivity contribution in [3.05, 3.63) is 77.3 Å². The van der Waals surface area contributed by atoms with Gasteiger partial charge in [0.1, 0.15) is 23.9 Å². The number of carbonyl (C=O) groups is 1. The third-order valence-electron chi connectivity index (χ3n) is 4.49. The van der Waals surface area contributed by atoms with Crippen molar-refractivity contribution in [1.29, 1.82) is 0 Å². The van der Waals surface area contributed by atoms with Crippen LogP contribution in [-0.2, 0) is 6.61 Å². The monoisotopic (exact) mass is 454 g/mol. The molecule has 2 heterocycles. The minimum Gasteiger partial charge on any atom is -0.496 e. The second kappa shape index (κ2) is 9.52. The molecule has 2 aromatic carbocycles. The van der Waals surface area contributed by atoms with Gasteiger partial charge < -0.3 is 18.6 Å². The Morgan fingerprint density at radius 2 is 1.84 bits per heavy atom. The molecule has 9 heteroatoms. The fourth-order valence-corrected chi connectivity index (χ4v) is 3.66. The molecule has 0 saturated heterocycles. The number of anilines is 1. The zero-order valence-corrected chi connectivity index (χ0v) is 18.1. The number of rotatable bonds is 8. The van der Waals surface area contributed by atoms with Gasteiger partial charge in [0, 0.05) is 10.9 Å². The summed E-state index contributed by atoms with van der Waals surface area (Å²) in [6, 6.07) is 14.6. The molecule has 0 saturated carbocycles. The number of thiazole rings is 1. The summed E-state index contributed by atoms with van der Waals surface area (Å²) in [6.45, 7) is 0.133. The van der Waals surface area contributed by atoms with Crippen molar-refractivity contribution in [2.24, 2.45) is 0 Å². The molecule has 0 radical (unpaired) electrons. The van der Waals surface area contributed by atoms with E-state index in [0.717, 1.165) is 0 Å². The highest BCUT2D eigenvalue weighted by molar-refractivity contribution is 7.14. The molecule has 1 N–H and O–H groups in total. The average Bonchev–Trinajstić information content (AvgIpc) is 3.47. The highest BCUT2D eigenvalue weighted by Crippen LogP contribution is 2.33. The topological polar surface area (TPSA) is 82.8 Å². The summed E-state index contributed by atoms with van der Waals surface area (Å²) in [5, 5.41) is 4.74. The lowest BCUT2D eigenvalue weighted by molar-refractivity contribution is 0.0992. The quantitative estimate of drug-likeness (QED) is 0.384. The molecule has 164 valence electrons. The number of hydrogen-bond donors (Lipinski definition) is 1. The van der Waals surface area contributed by atoms with Gasteiger partial charge in [0.2, 0.25) is 0 Å². The third kappa shape index (κ3) is 4.73. The lowest BCUT2D eigenvalue weighted by Crippen LogP contribution is -2.10. The summed E-state index contributed by atoms with van der Waals surface area (Å²) in [5.41, 5.74) is 0.991. The van der Waals surface area contributed by atoms with Crippen molar-refractivity contribution >= 4 is 22.4 Å². The molecule has 1 amide bonds. The largest absolute Gasteiger partial charge is 0.496 e. The van der Waals surface area contributed by atoms with E-state index in [4.69, 9.17) is 18.6 Å². The maximum atomic E-state index is 13.6. The number of benzene rings is 2. The van der Waals surface area contributed by atoms with Gasteiger partial charge in [-0.05, 0) is 42.5 Å². The Balaban J connectivity index is 1.41. The van der Waals surface area contributed by atoms with Crippen LogP contribution >= 0.6 is 11.3 Å². The van der Waals surface area contributed by atoms with E-state index in [2.05, 4.69) is 10.3 Å². The molecular weight excluding hydrogens is 435 g/mol. The summed E-state index contributed by atoms with van der Waals surface area (Å²) in [7, 11) is 3.06. The van der Waals surface area contributed by atoms with Crippen LogP contribution in [-0.4, -0.2) is 25.1 Å². The van der Waals surface area contributed by atoms with E-state index in [0.29, 0.717) is 39.4 Å². The van der Waals surface area contributed by atoms with E-state index in [1.165, 1.54) is 36.6 Å². The summed E-state index contributed by atoms with van der Waals surface area (Å²) in [4.78, 5) is 16.9. The summed E-state index contributed by atoms with van der Waals surface area (Å²) < 4.78 is 35.4. The number of furan rings is 1. The van der Waals surface area contributed by atoms with Crippen LogP contribution in [0, 0.1) is 5.82 Å². The maximum Gasteiger partial charge on any atom is 0.293 e. The van der Waals surface area contributed by atoms with Gasteiger partial charge in [-0.2, -0.15) is 0 Å². The number of methoxy groups -OCH3 is 2. The van der Waals surface area contributed by atoms with E-state index in [1.807, 2.05) is 12.1 Å². The zero-order valence-electron chi connectivity index (χ0n) is 17.3. The van der Waals surface area contributed by atoms with Crippen LogP contribution in [0.2, 0.25) is 0 Å². The first-order valence-corrected chi connectivity index (χ1v) is 10.4. The number of aromatic nitrogens is 1. The molecule has 0 spiro atoms. The van der Waals surface area contributed by atoms with Gasteiger partial charge >= 0.3 is 0 Å². The third-order valence-corrected chi connectivity index (χ3v) is 5.24. The normalized spacial score (nSPS) is 10.6. The molecule has 0 fully saturated rings. The number of halogens is 1. The molecular formula is C23H19FN2O5S. The number of nitrogens with one attached hydrogen (secondary N) is 1. The predicted octanol–water partition coefficient (Wildman–Crippen LogP) is 5.39. The smallest absolute Gasteiger partial charge is 0.293 e. The Bertz CT molecular complexity index is 1240. The molecule has 0 aliphatic rings. The number of ether oxygens (including phenoxy) is 3. The first kappa shape index (κ1) is 21.4. The van der Waals surface area contributed by atoms with Gasteiger partial charge in [-0.1, -0.05) is 12.1 Å². The number of hydrogen-bond acceptors (Lipinski definition) is 7. The predicted molar refractivity (Wildman–Crippen MR) is 118 cm³/mol. The van der Waals surface area contributed by atoms with Crippen molar-refractivity contribution in [2.75, 3.05) is 19.5 Å². The van der Waals surface area contributed by atoms with Crippen molar-refractivity contribution in [3.63, 3.8) is 0 Å². The lowest BCUT2D eigenvalue weighted by Gasteiger charge is -2.08. The van der Waals surface area contributed by atoms with Crippen LogP contribution in [0.5, 0.6) is 17.2 Å². The van der Waals surface area contributed by atoms with Crippen LogP contribution < -0.4 is 19.5 Å². The highest BCUT2D eigenvalue weighted by Gasteiger charge is 2.16. The van der Waals surface area contributed by atoms with E-state index in [1.54, 1.807) is 36.8 Å². The van der Waals surface area contributed by atoms with Gasteiger partial charge in [0.25, 0.3) is 5.91 Å². The minimum absolute atomic E-state index is 0.115. The fraction of sp³-hybridized carbons (Fsp3) is 0.130. The molecule has 7 nitrogen and oxygen atoms in total. The zero-order chi connectivity index (χ0) is 22.5. The van der Waals surface area contributed by atoms with Gasteiger partial charge in [-0.15, -0.1) is 11.3 Å². The van der Waals surface area contributed by atoms with Crippen molar-refractivity contribution in [1.82, 2.24) is 4.98 Å². The number of para-hydroxylation sites is 2. The van der Waals surface area contributed by atoms with Crippen LogP contribution in [0.3, 0.4) is 0 Å². The SMILES string of the molecule is COc1ccccc1OCc1ccc(C(=O)Nc2nc(-c3cc(F)ccc3OC)cs2)o1. The Hall–Kier alpha value is -3.85. The molecule has 32 heavy (non-hydrogen) atoms. The van der Waals surface area contributed by atoms with Crippen LogP contribution in [0.4, 0.5) is 9.52 Å². The second-order valence-electron chi connectivity index (χ2n) is 6.54. The van der Waals surface area contributed by atoms with Crippen LogP contribution in [0.25, 0.3) is 11.3 Å². The fourth-order valence-electron chi connectivity index (χ4n) is 2.96. The van der Waals surface area contributed by atoms with Gasteiger partial charge in [0.15, 0.2) is 22.4 Å². The van der Waals surface area contributed by atoms with E-state index < -0.39 is 11.7 Å². The molecule has 4 rings (SSSR count). The number of nitrogens with zero attached hydrogens (tertiary/aromatic N) is 1. The summed E-state index contributed by atoms with van der Waals surface area (Å²) in [6.07, 6.45) is 0. The second-order valence-corrected chi connectivity index (χ2v) is 7.40. The summed E-state index contributed by atoms with van der Waals surface area (Å²) >= 11 is 1.21. The molecule has 4 aromatic rings. The van der Waals surface area contributed by atoms with Crippen LogP contribution in [0.1, 0.15) is 16.3 Å². The molecule has 2 aromatic heterocycles. The van der Waals surface area contributed by atoms with E-state index in [9.17, 15) is 9.18 Å². The number of amides is 1. The first-order chi connectivity index (χ1) is 15.6. The number of carbonyl (C=O) groups excluding carboxylic acids is 1. The molecule has 0 atom stereocenters. The Kier molecular flexibility index (Phi) is 6.37. The molecule has 0 aliphatic heterocycles. The standard InChI is InChI=1S/C23H19FN2O5S/c1-28-18-9-7-14(24)11-16(18)17-13-32-23(25-17)26-22(27)21-10-8-15(31-21)12-30-20-6-4-3-5-19(20)29-2/h3-11,13H,12H2,1-2H3,(H,25,26,27).